The maximum absolute atomic E-state index is 9.60. The molecule has 1 aromatic carbocycles. The van der Waals surface area contributed by atoms with Crippen molar-refractivity contribution in [3.8, 4) is 0 Å². The van der Waals surface area contributed by atoms with Gasteiger partial charge in [0.05, 0.1) is 19.3 Å². The number of hydrogen-bond acceptors (Lipinski definition) is 3. The van der Waals surface area contributed by atoms with Crippen LogP contribution in [0.2, 0.25) is 0 Å². The summed E-state index contributed by atoms with van der Waals surface area (Å²) in [5.74, 6) is 0. The fourth-order valence-electron chi connectivity index (χ4n) is 3.79. The Bertz CT molecular complexity index is 462. The van der Waals surface area contributed by atoms with E-state index in [1.54, 1.807) is 0 Å². The summed E-state index contributed by atoms with van der Waals surface area (Å²) < 4.78 is 11.7. The van der Waals surface area contributed by atoms with Crippen molar-refractivity contribution in [3.63, 3.8) is 0 Å². The molecular formula is C27H48O3. The van der Waals surface area contributed by atoms with Crippen LogP contribution in [0.4, 0.5) is 0 Å². The number of benzene rings is 1. The fraction of sp³-hybridized carbons (Fsp3) is 0.778. The van der Waals surface area contributed by atoms with E-state index < -0.39 is 0 Å². The number of rotatable bonds is 21. The number of aliphatic hydroxyl groups is 1. The van der Waals surface area contributed by atoms with Gasteiger partial charge in [-0.3, -0.25) is 0 Å². The highest BCUT2D eigenvalue weighted by Gasteiger charge is 2.17. The van der Waals surface area contributed by atoms with Crippen LogP contribution in [0.1, 0.15) is 109 Å². The van der Waals surface area contributed by atoms with Crippen LogP contribution in [-0.4, -0.2) is 30.5 Å². The molecule has 0 heterocycles. The Morgan fingerprint density at radius 1 is 0.700 bits per heavy atom. The Balaban J connectivity index is 1.89. The molecule has 2 atom stereocenters. The zero-order valence-electron chi connectivity index (χ0n) is 19.8. The molecule has 174 valence electrons. The van der Waals surface area contributed by atoms with Crippen LogP contribution in [0.15, 0.2) is 30.3 Å². The van der Waals surface area contributed by atoms with Crippen molar-refractivity contribution in [1.82, 2.24) is 0 Å². The lowest BCUT2D eigenvalue weighted by atomic mass is 10.0. The molecule has 0 aromatic heterocycles. The lowest BCUT2D eigenvalue weighted by Gasteiger charge is -2.23. The minimum absolute atomic E-state index is 0.00720. The van der Waals surface area contributed by atoms with Crippen LogP contribution in [0, 0.1) is 0 Å². The molecule has 0 radical (unpaired) electrons. The Hall–Kier alpha value is -0.900. The van der Waals surface area contributed by atoms with E-state index in [-0.39, 0.29) is 18.8 Å². The highest BCUT2D eigenvalue weighted by Crippen LogP contribution is 2.14. The van der Waals surface area contributed by atoms with Crippen LogP contribution in [0.3, 0.4) is 0 Å². The van der Waals surface area contributed by atoms with Crippen molar-refractivity contribution < 1.29 is 14.6 Å². The third kappa shape index (κ3) is 15.0. The molecule has 0 fully saturated rings. The standard InChI is InChI=1S/C27H48O3/c1-3-4-5-6-7-8-9-10-11-12-13-14-15-19-22-29-25(2)27(23-28)30-24-26-20-17-16-18-21-26/h16-18,20-21,25,27-28H,3-15,19,22-24H2,1-2H3/t25-,27-/m0/s1. The number of aliphatic hydroxyl groups excluding tert-OH is 1. The Labute approximate surface area is 186 Å². The summed E-state index contributed by atoms with van der Waals surface area (Å²) >= 11 is 0. The summed E-state index contributed by atoms with van der Waals surface area (Å²) in [5, 5.41) is 9.60. The molecule has 0 saturated carbocycles. The highest BCUT2D eigenvalue weighted by atomic mass is 16.5. The van der Waals surface area contributed by atoms with Gasteiger partial charge in [0.15, 0.2) is 0 Å². The summed E-state index contributed by atoms with van der Waals surface area (Å²) in [6.45, 7) is 5.54. The SMILES string of the molecule is CCCCCCCCCCCCCCCCO[C@@H](C)[C@H](CO)OCc1ccccc1. The lowest BCUT2D eigenvalue weighted by molar-refractivity contribution is -0.0917. The normalized spacial score (nSPS) is 13.4. The fourth-order valence-corrected chi connectivity index (χ4v) is 3.79. The van der Waals surface area contributed by atoms with Crippen LogP contribution in [0.5, 0.6) is 0 Å². The second kappa shape index (κ2) is 20.0. The topological polar surface area (TPSA) is 38.7 Å². The third-order valence-electron chi connectivity index (χ3n) is 5.89. The van der Waals surface area contributed by atoms with Gasteiger partial charge in [-0.2, -0.15) is 0 Å². The first-order chi connectivity index (χ1) is 14.8. The first-order valence-electron chi connectivity index (χ1n) is 12.7. The molecule has 30 heavy (non-hydrogen) atoms. The van der Waals surface area contributed by atoms with Crippen molar-refractivity contribution in [2.24, 2.45) is 0 Å². The molecule has 0 bridgehead atoms. The maximum Gasteiger partial charge on any atom is 0.107 e. The van der Waals surface area contributed by atoms with E-state index in [1.807, 2.05) is 37.3 Å². The second-order valence-corrected chi connectivity index (χ2v) is 8.69. The lowest BCUT2D eigenvalue weighted by Crippen LogP contribution is -2.32. The van der Waals surface area contributed by atoms with Gasteiger partial charge in [-0.25, -0.2) is 0 Å². The van der Waals surface area contributed by atoms with Crippen molar-refractivity contribution in [1.29, 1.82) is 0 Å². The predicted octanol–water partition coefficient (Wildman–Crippen LogP) is 7.45. The second-order valence-electron chi connectivity index (χ2n) is 8.69. The number of unbranched alkanes of at least 4 members (excludes halogenated alkanes) is 13. The van der Waals surface area contributed by atoms with Gasteiger partial charge in [0, 0.05) is 6.61 Å². The van der Waals surface area contributed by atoms with E-state index in [9.17, 15) is 5.11 Å². The summed E-state index contributed by atoms with van der Waals surface area (Å²) in [7, 11) is 0. The number of ether oxygens (including phenoxy) is 2. The van der Waals surface area contributed by atoms with Crippen molar-refractivity contribution in [2.45, 2.75) is 123 Å². The van der Waals surface area contributed by atoms with E-state index in [4.69, 9.17) is 9.47 Å². The molecule has 0 aliphatic rings. The van der Waals surface area contributed by atoms with Gasteiger partial charge in [0.2, 0.25) is 0 Å². The number of hydrogen-bond donors (Lipinski definition) is 1. The highest BCUT2D eigenvalue weighted by molar-refractivity contribution is 5.13. The molecule has 1 aromatic rings. The average molecular weight is 421 g/mol. The molecule has 0 amide bonds. The minimum atomic E-state index is -0.267. The van der Waals surface area contributed by atoms with Crippen LogP contribution >= 0.6 is 0 Å². The Morgan fingerprint density at radius 2 is 1.20 bits per heavy atom. The first-order valence-corrected chi connectivity index (χ1v) is 12.7. The summed E-state index contributed by atoms with van der Waals surface area (Å²) in [6, 6.07) is 10.1. The zero-order chi connectivity index (χ0) is 21.7. The Kier molecular flexibility index (Phi) is 18.1. The molecule has 3 nitrogen and oxygen atoms in total. The van der Waals surface area contributed by atoms with Gasteiger partial charge in [-0.1, -0.05) is 121 Å². The van der Waals surface area contributed by atoms with Crippen molar-refractivity contribution in [2.75, 3.05) is 13.2 Å². The molecule has 0 aliphatic carbocycles. The van der Waals surface area contributed by atoms with Gasteiger partial charge in [-0.05, 0) is 18.9 Å². The molecule has 0 saturated heterocycles. The first kappa shape index (κ1) is 27.1. The van der Waals surface area contributed by atoms with E-state index in [2.05, 4.69) is 6.92 Å². The molecule has 0 spiro atoms. The van der Waals surface area contributed by atoms with Gasteiger partial charge in [0.25, 0.3) is 0 Å². The van der Waals surface area contributed by atoms with Gasteiger partial charge < -0.3 is 14.6 Å². The maximum atomic E-state index is 9.60. The molecule has 1 N–H and O–H groups in total. The molecule has 3 heteroatoms. The summed E-state index contributed by atoms with van der Waals surface area (Å²) in [5.41, 5.74) is 1.12. The van der Waals surface area contributed by atoms with Crippen molar-refractivity contribution in [3.05, 3.63) is 35.9 Å². The van der Waals surface area contributed by atoms with E-state index in [1.165, 1.54) is 83.5 Å². The Morgan fingerprint density at radius 3 is 1.70 bits per heavy atom. The van der Waals surface area contributed by atoms with Gasteiger partial charge in [-0.15, -0.1) is 0 Å². The van der Waals surface area contributed by atoms with Gasteiger partial charge in [0.1, 0.15) is 6.10 Å². The molecule has 0 aliphatic heterocycles. The summed E-state index contributed by atoms with van der Waals surface area (Å²) in [4.78, 5) is 0. The van der Waals surface area contributed by atoms with E-state index in [0.29, 0.717) is 6.61 Å². The average Bonchev–Trinajstić information content (AvgIpc) is 2.77. The van der Waals surface area contributed by atoms with E-state index in [0.717, 1.165) is 18.6 Å². The molecular weight excluding hydrogens is 372 g/mol. The quantitative estimate of drug-likeness (QED) is 0.210. The third-order valence-corrected chi connectivity index (χ3v) is 5.89. The minimum Gasteiger partial charge on any atom is -0.394 e. The predicted molar refractivity (Wildman–Crippen MR) is 128 cm³/mol. The van der Waals surface area contributed by atoms with Crippen LogP contribution < -0.4 is 0 Å². The van der Waals surface area contributed by atoms with Crippen molar-refractivity contribution >= 4 is 0 Å². The molecule has 1 rings (SSSR count). The largest absolute Gasteiger partial charge is 0.394 e. The van der Waals surface area contributed by atoms with Gasteiger partial charge >= 0.3 is 0 Å². The molecule has 0 unspecified atom stereocenters. The smallest absolute Gasteiger partial charge is 0.107 e. The van der Waals surface area contributed by atoms with Crippen LogP contribution in [0.25, 0.3) is 0 Å². The monoisotopic (exact) mass is 420 g/mol. The summed E-state index contributed by atoms with van der Waals surface area (Å²) in [6.07, 6.45) is 18.8. The van der Waals surface area contributed by atoms with Crippen LogP contribution in [-0.2, 0) is 16.1 Å². The zero-order valence-corrected chi connectivity index (χ0v) is 19.8. The van der Waals surface area contributed by atoms with E-state index >= 15 is 0 Å².